The van der Waals surface area contributed by atoms with E-state index < -0.39 is 5.91 Å². The Balaban J connectivity index is 0.000000165. The predicted octanol–water partition coefficient (Wildman–Crippen LogP) is 2.16. The average Bonchev–Trinajstić information content (AvgIpc) is 2.65. The van der Waals surface area contributed by atoms with Crippen LogP contribution in [-0.2, 0) is 0 Å². The van der Waals surface area contributed by atoms with Gasteiger partial charge in [0.05, 0.1) is 5.56 Å². The molecule has 0 fully saturated rings. The lowest BCUT2D eigenvalue weighted by atomic mass is 10.3. The van der Waals surface area contributed by atoms with Crippen LogP contribution < -0.4 is 5.73 Å². The largest absolute Gasteiger partial charge is 0.366 e. The number of hydrogen-bond acceptors (Lipinski definition) is 2. The molecule has 0 bridgehead atoms. The van der Waals surface area contributed by atoms with Gasteiger partial charge < -0.3 is 10.7 Å². The van der Waals surface area contributed by atoms with E-state index in [0.29, 0.717) is 10.7 Å². The summed E-state index contributed by atoms with van der Waals surface area (Å²) in [6, 6.07) is 7.05. The van der Waals surface area contributed by atoms with Crippen molar-refractivity contribution in [3.8, 4) is 0 Å². The zero-order chi connectivity index (χ0) is 12.0. The summed E-state index contributed by atoms with van der Waals surface area (Å²) in [6.07, 6.45) is 3.02. The summed E-state index contributed by atoms with van der Waals surface area (Å²) in [7, 11) is 0. The molecule has 0 radical (unpaired) electrons. The van der Waals surface area contributed by atoms with Gasteiger partial charge in [0.15, 0.2) is 0 Å². The average molecular weight is 238 g/mol. The molecule has 0 saturated carbocycles. The lowest BCUT2D eigenvalue weighted by Gasteiger charge is -1.88. The molecular weight excluding hydrogens is 226 g/mol. The van der Waals surface area contributed by atoms with E-state index in [0.717, 1.165) is 5.69 Å². The number of pyridine rings is 1. The molecule has 2 aromatic rings. The summed E-state index contributed by atoms with van der Waals surface area (Å²) < 4.78 is 0. The molecule has 0 saturated heterocycles. The zero-order valence-electron chi connectivity index (χ0n) is 8.77. The predicted molar refractivity (Wildman–Crippen MR) is 63.3 cm³/mol. The van der Waals surface area contributed by atoms with Crippen molar-refractivity contribution in [1.29, 1.82) is 0 Å². The molecule has 0 unspecified atom stereocenters. The SMILES string of the molecule is Cc1ccc(Cl)[nH]1.NC(=O)c1cccnc1. The summed E-state index contributed by atoms with van der Waals surface area (Å²) in [4.78, 5) is 17.0. The monoisotopic (exact) mass is 237 g/mol. The molecule has 84 valence electrons. The van der Waals surface area contributed by atoms with E-state index in [1.165, 1.54) is 6.20 Å². The summed E-state index contributed by atoms with van der Waals surface area (Å²) in [5, 5.41) is 0.706. The Hall–Kier alpha value is -1.81. The number of halogens is 1. The number of rotatable bonds is 1. The van der Waals surface area contributed by atoms with Crippen molar-refractivity contribution in [2.45, 2.75) is 6.92 Å². The molecule has 2 heterocycles. The van der Waals surface area contributed by atoms with Crippen molar-refractivity contribution in [2.75, 3.05) is 0 Å². The van der Waals surface area contributed by atoms with Crippen molar-refractivity contribution < 1.29 is 4.79 Å². The Morgan fingerprint density at radius 2 is 2.19 bits per heavy atom. The minimum Gasteiger partial charge on any atom is -0.366 e. The maximum absolute atomic E-state index is 10.4. The van der Waals surface area contributed by atoms with Crippen LogP contribution in [0.5, 0.6) is 0 Å². The second-order valence-electron chi connectivity index (χ2n) is 3.10. The molecular formula is C11H12ClN3O. The highest BCUT2D eigenvalue weighted by Gasteiger charge is 1.94. The van der Waals surface area contributed by atoms with E-state index in [1.54, 1.807) is 18.3 Å². The number of aromatic amines is 1. The van der Waals surface area contributed by atoms with Crippen LogP contribution >= 0.6 is 11.6 Å². The van der Waals surface area contributed by atoms with Gasteiger partial charge in [0, 0.05) is 18.1 Å². The number of hydrogen-bond donors (Lipinski definition) is 2. The number of amides is 1. The van der Waals surface area contributed by atoms with Crippen LogP contribution in [0.3, 0.4) is 0 Å². The van der Waals surface area contributed by atoms with Crippen LogP contribution in [-0.4, -0.2) is 15.9 Å². The summed E-state index contributed by atoms with van der Waals surface area (Å²) in [5.41, 5.74) is 6.48. The highest BCUT2D eigenvalue weighted by atomic mass is 35.5. The number of H-pyrrole nitrogens is 1. The number of nitrogens with two attached hydrogens (primary N) is 1. The van der Waals surface area contributed by atoms with E-state index in [9.17, 15) is 4.79 Å². The van der Waals surface area contributed by atoms with Gasteiger partial charge in [0.25, 0.3) is 0 Å². The van der Waals surface area contributed by atoms with Crippen LogP contribution in [0.25, 0.3) is 0 Å². The molecule has 16 heavy (non-hydrogen) atoms. The Bertz CT molecular complexity index is 437. The smallest absolute Gasteiger partial charge is 0.250 e. The molecule has 0 aliphatic carbocycles. The minimum atomic E-state index is -0.442. The molecule has 0 atom stereocenters. The normalized spacial score (nSPS) is 9.12. The first-order valence-corrected chi connectivity index (χ1v) is 4.98. The van der Waals surface area contributed by atoms with Crippen molar-refractivity contribution >= 4 is 17.5 Å². The van der Waals surface area contributed by atoms with E-state index in [2.05, 4.69) is 9.97 Å². The summed E-state index contributed by atoms with van der Waals surface area (Å²) in [5.74, 6) is -0.442. The maximum atomic E-state index is 10.4. The molecule has 3 N–H and O–H groups in total. The topological polar surface area (TPSA) is 71.8 Å². The molecule has 1 amide bonds. The van der Waals surface area contributed by atoms with E-state index in [4.69, 9.17) is 17.3 Å². The van der Waals surface area contributed by atoms with Crippen LogP contribution in [0, 0.1) is 6.92 Å². The summed E-state index contributed by atoms with van der Waals surface area (Å²) in [6.45, 7) is 1.96. The van der Waals surface area contributed by atoms with Gasteiger partial charge in [-0.3, -0.25) is 9.78 Å². The third kappa shape index (κ3) is 4.14. The first-order valence-electron chi connectivity index (χ1n) is 4.60. The number of aromatic nitrogens is 2. The highest BCUT2D eigenvalue weighted by molar-refractivity contribution is 6.29. The standard InChI is InChI=1S/C6H6N2O.C5H6ClN/c7-6(9)5-2-1-3-8-4-5;1-4-2-3-5(6)7-4/h1-4H,(H2,7,9);2-3,7H,1H3. The zero-order valence-corrected chi connectivity index (χ0v) is 9.53. The quantitative estimate of drug-likeness (QED) is 0.798. The Morgan fingerprint density at radius 3 is 2.44 bits per heavy atom. The third-order valence-corrected chi connectivity index (χ3v) is 1.96. The molecule has 0 spiro atoms. The number of primary amides is 1. The van der Waals surface area contributed by atoms with Crippen molar-refractivity contribution in [3.05, 3.63) is 53.1 Å². The molecule has 4 nitrogen and oxygen atoms in total. The Kier molecular flexibility index (Phi) is 4.54. The number of nitrogens with zero attached hydrogens (tertiary/aromatic N) is 1. The van der Waals surface area contributed by atoms with Gasteiger partial charge in [0.1, 0.15) is 5.15 Å². The van der Waals surface area contributed by atoms with Crippen LogP contribution in [0.4, 0.5) is 0 Å². The summed E-state index contributed by atoms with van der Waals surface area (Å²) >= 11 is 5.50. The lowest BCUT2D eigenvalue weighted by Crippen LogP contribution is -2.10. The fraction of sp³-hybridized carbons (Fsp3) is 0.0909. The molecule has 0 aromatic carbocycles. The molecule has 0 aliphatic rings. The van der Waals surface area contributed by atoms with Gasteiger partial charge in [-0.1, -0.05) is 11.6 Å². The Labute approximate surface area is 98.5 Å². The fourth-order valence-corrected chi connectivity index (χ4v) is 1.19. The van der Waals surface area contributed by atoms with Gasteiger partial charge in [0.2, 0.25) is 5.91 Å². The van der Waals surface area contributed by atoms with Crippen molar-refractivity contribution in [1.82, 2.24) is 9.97 Å². The first kappa shape index (κ1) is 12.3. The lowest BCUT2D eigenvalue weighted by molar-refractivity contribution is 0.1000. The second kappa shape index (κ2) is 5.92. The molecule has 5 heteroatoms. The van der Waals surface area contributed by atoms with Gasteiger partial charge >= 0.3 is 0 Å². The first-order chi connectivity index (χ1) is 7.59. The van der Waals surface area contributed by atoms with Crippen molar-refractivity contribution in [3.63, 3.8) is 0 Å². The Morgan fingerprint density at radius 1 is 1.44 bits per heavy atom. The van der Waals surface area contributed by atoms with Crippen LogP contribution in [0.2, 0.25) is 5.15 Å². The maximum Gasteiger partial charge on any atom is 0.250 e. The number of nitrogens with one attached hydrogen (secondary N) is 1. The number of carbonyl (C=O) groups excluding carboxylic acids is 1. The fourth-order valence-electron chi connectivity index (χ4n) is 0.978. The molecule has 0 aliphatic heterocycles. The van der Waals surface area contributed by atoms with Gasteiger partial charge in [-0.25, -0.2) is 0 Å². The van der Waals surface area contributed by atoms with E-state index in [1.807, 2.05) is 19.1 Å². The molecule has 2 rings (SSSR count). The van der Waals surface area contributed by atoms with Crippen LogP contribution in [0.1, 0.15) is 16.1 Å². The second-order valence-corrected chi connectivity index (χ2v) is 3.50. The highest BCUT2D eigenvalue weighted by Crippen LogP contribution is 2.04. The van der Waals surface area contributed by atoms with Gasteiger partial charge in [-0.2, -0.15) is 0 Å². The minimum absolute atomic E-state index is 0.442. The molecule has 2 aromatic heterocycles. The number of carbonyl (C=O) groups is 1. The van der Waals surface area contributed by atoms with Crippen LogP contribution in [0.15, 0.2) is 36.7 Å². The van der Waals surface area contributed by atoms with Crippen molar-refractivity contribution in [2.24, 2.45) is 5.73 Å². The third-order valence-electron chi connectivity index (χ3n) is 1.74. The van der Waals surface area contributed by atoms with E-state index >= 15 is 0 Å². The number of aryl methyl sites for hydroxylation is 1. The van der Waals surface area contributed by atoms with E-state index in [-0.39, 0.29) is 0 Å². The van der Waals surface area contributed by atoms with Gasteiger partial charge in [-0.05, 0) is 31.2 Å². The van der Waals surface area contributed by atoms with Gasteiger partial charge in [-0.15, -0.1) is 0 Å².